The molecule has 1 aliphatic heterocycles. The van der Waals surface area contributed by atoms with Gasteiger partial charge < -0.3 is 14.6 Å². The lowest BCUT2D eigenvalue weighted by Crippen LogP contribution is -2.55. The quantitative estimate of drug-likeness (QED) is 0.846. The number of H-pyrrole nitrogens is 1. The van der Waals surface area contributed by atoms with E-state index < -0.39 is 0 Å². The monoisotopic (exact) mass is 365 g/mol. The van der Waals surface area contributed by atoms with Gasteiger partial charge >= 0.3 is 0 Å². The van der Waals surface area contributed by atoms with Crippen molar-refractivity contribution in [3.05, 3.63) is 23.2 Å². The van der Waals surface area contributed by atoms with Gasteiger partial charge in [0.2, 0.25) is 5.91 Å². The Balaban J connectivity index is 1.41. The standard InChI is InChI=1S/C17H20ClN3O2S/c18-11-5-6-12-13(9-11)20-17(19-12)24-10-16(22)21-7-8-23-15-4-2-1-3-14(15)21/h5-6,9,14-15H,1-4,7-8,10H2,(H,19,20)/t14-,15+/m0/s1. The van der Waals surface area contributed by atoms with Crippen LogP contribution in [0.15, 0.2) is 23.4 Å². The number of hydrogen-bond donors (Lipinski definition) is 1. The van der Waals surface area contributed by atoms with E-state index in [-0.39, 0.29) is 18.1 Å². The van der Waals surface area contributed by atoms with E-state index in [1.807, 2.05) is 23.1 Å². The number of hydrogen-bond acceptors (Lipinski definition) is 4. The van der Waals surface area contributed by atoms with Gasteiger partial charge in [0, 0.05) is 11.6 Å². The highest BCUT2D eigenvalue weighted by molar-refractivity contribution is 7.99. The van der Waals surface area contributed by atoms with Crippen LogP contribution in [0.2, 0.25) is 5.02 Å². The second-order valence-electron chi connectivity index (χ2n) is 6.34. The first-order valence-electron chi connectivity index (χ1n) is 8.40. The van der Waals surface area contributed by atoms with Crippen LogP contribution in [-0.4, -0.2) is 51.8 Å². The Kier molecular flexibility index (Phi) is 4.70. The average Bonchev–Trinajstić information content (AvgIpc) is 3.01. The molecule has 1 aliphatic carbocycles. The van der Waals surface area contributed by atoms with Crippen LogP contribution in [0.25, 0.3) is 11.0 Å². The maximum atomic E-state index is 12.7. The lowest BCUT2D eigenvalue weighted by atomic mass is 9.90. The summed E-state index contributed by atoms with van der Waals surface area (Å²) in [6.07, 6.45) is 4.76. The molecular formula is C17H20ClN3O2S. The molecule has 1 N–H and O–H groups in total. The third kappa shape index (κ3) is 3.27. The van der Waals surface area contributed by atoms with Crippen LogP contribution in [0.4, 0.5) is 0 Å². The van der Waals surface area contributed by atoms with Crippen molar-refractivity contribution in [3.63, 3.8) is 0 Å². The average molecular weight is 366 g/mol. The highest BCUT2D eigenvalue weighted by Gasteiger charge is 2.36. The highest BCUT2D eigenvalue weighted by Crippen LogP contribution is 2.29. The molecule has 2 fully saturated rings. The van der Waals surface area contributed by atoms with E-state index in [1.165, 1.54) is 24.6 Å². The first kappa shape index (κ1) is 16.2. The maximum absolute atomic E-state index is 12.7. The van der Waals surface area contributed by atoms with E-state index in [4.69, 9.17) is 16.3 Å². The number of halogens is 1. The Labute approximate surface area is 150 Å². The Morgan fingerprint density at radius 1 is 1.42 bits per heavy atom. The van der Waals surface area contributed by atoms with Gasteiger partial charge in [0.25, 0.3) is 0 Å². The lowest BCUT2D eigenvalue weighted by Gasteiger charge is -2.43. The first-order valence-corrected chi connectivity index (χ1v) is 9.76. The summed E-state index contributed by atoms with van der Waals surface area (Å²) in [5.41, 5.74) is 1.77. The van der Waals surface area contributed by atoms with Crippen LogP contribution in [0.5, 0.6) is 0 Å². The Hall–Kier alpha value is -1.24. The Morgan fingerprint density at radius 2 is 2.29 bits per heavy atom. The second kappa shape index (κ2) is 6.94. The van der Waals surface area contributed by atoms with E-state index in [9.17, 15) is 4.79 Å². The van der Waals surface area contributed by atoms with Gasteiger partial charge in [-0.3, -0.25) is 4.79 Å². The number of nitrogens with one attached hydrogen (secondary N) is 1. The number of morpholine rings is 1. The third-order valence-corrected chi connectivity index (χ3v) is 5.90. The summed E-state index contributed by atoms with van der Waals surface area (Å²) in [5, 5.41) is 1.43. The molecule has 1 saturated heterocycles. The second-order valence-corrected chi connectivity index (χ2v) is 7.74. The Morgan fingerprint density at radius 3 is 3.21 bits per heavy atom. The molecule has 4 rings (SSSR count). The zero-order valence-corrected chi connectivity index (χ0v) is 14.9. The van der Waals surface area contributed by atoms with Crippen molar-refractivity contribution >= 4 is 40.3 Å². The number of nitrogens with zero attached hydrogens (tertiary/aromatic N) is 2. The molecule has 0 spiro atoms. The minimum atomic E-state index is 0.179. The largest absolute Gasteiger partial charge is 0.374 e. The van der Waals surface area contributed by atoms with Crippen molar-refractivity contribution in [2.45, 2.75) is 43.0 Å². The molecule has 1 aromatic heterocycles. The number of fused-ring (bicyclic) bond motifs is 2. The number of carbonyl (C=O) groups is 1. The van der Waals surface area contributed by atoms with Gasteiger partial charge in [0.1, 0.15) is 0 Å². The zero-order chi connectivity index (χ0) is 16.5. The molecule has 0 unspecified atom stereocenters. The molecule has 5 nitrogen and oxygen atoms in total. The fourth-order valence-electron chi connectivity index (χ4n) is 3.65. The molecule has 1 saturated carbocycles. The smallest absolute Gasteiger partial charge is 0.233 e. The highest BCUT2D eigenvalue weighted by atomic mass is 35.5. The number of imidazole rings is 1. The summed E-state index contributed by atoms with van der Waals surface area (Å²) in [6, 6.07) is 5.82. The molecule has 7 heteroatoms. The molecular weight excluding hydrogens is 346 g/mol. The fourth-order valence-corrected chi connectivity index (χ4v) is 4.59. The molecule has 24 heavy (non-hydrogen) atoms. The number of benzene rings is 1. The van der Waals surface area contributed by atoms with Crippen LogP contribution >= 0.6 is 23.4 Å². The normalized spacial score (nSPS) is 24.1. The first-order chi connectivity index (χ1) is 11.7. The van der Waals surface area contributed by atoms with Crippen molar-refractivity contribution in [1.82, 2.24) is 14.9 Å². The van der Waals surface area contributed by atoms with Crippen molar-refractivity contribution < 1.29 is 9.53 Å². The van der Waals surface area contributed by atoms with E-state index in [2.05, 4.69) is 9.97 Å². The van der Waals surface area contributed by atoms with Gasteiger partial charge in [-0.25, -0.2) is 4.98 Å². The lowest BCUT2D eigenvalue weighted by molar-refractivity contribution is -0.146. The van der Waals surface area contributed by atoms with Gasteiger partial charge in [-0.15, -0.1) is 0 Å². The topological polar surface area (TPSA) is 58.2 Å². The zero-order valence-electron chi connectivity index (χ0n) is 13.3. The summed E-state index contributed by atoms with van der Waals surface area (Å²) in [7, 11) is 0. The molecule has 2 atom stereocenters. The molecule has 0 bridgehead atoms. The summed E-state index contributed by atoms with van der Waals surface area (Å²) >= 11 is 7.45. The van der Waals surface area contributed by atoms with Gasteiger partial charge in [0.15, 0.2) is 5.16 Å². The molecule has 2 aliphatic rings. The van der Waals surface area contributed by atoms with Crippen molar-refractivity contribution in [2.75, 3.05) is 18.9 Å². The van der Waals surface area contributed by atoms with E-state index in [1.54, 1.807) is 0 Å². The van der Waals surface area contributed by atoms with Crippen LogP contribution < -0.4 is 0 Å². The number of aromatic nitrogens is 2. The number of amides is 1. The van der Waals surface area contributed by atoms with Crippen molar-refractivity contribution in [3.8, 4) is 0 Å². The van der Waals surface area contributed by atoms with Crippen LogP contribution in [0.1, 0.15) is 25.7 Å². The number of aromatic amines is 1. The van der Waals surface area contributed by atoms with Gasteiger partial charge in [-0.1, -0.05) is 36.2 Å². The number of carbonyl (C=O) groups excluding carboxylic acids is 1. The van der Waals surface area contributed by atoms with Crippen molar-refractivity contribution in [1.29, 1.82) is 0 Å². The van der Waals surface area contributed by atoms with E-state index in [0.29, 0.717) is 23.9 Å². The molecule has 1 aromatic carbocycles. The maximum Gasteiger partial charge on any atom is 0.233 e. The molecule has 0 radical (unpaired) electrons. The van der Waals surface area contributed by atoms with E-state index in [0.717, 1.165) is 29.0 Å². The number of thioether (sulfide) groups is 1. The summed E-state index contributed by atoms with van der Waals surface area (Å²) in [6.45, 7) is 1.36. The summed E-state index contributed by atoms with van der Waals surface area (Å²) in [5.74, 6) is 0.579. The SMILES string of the molecule is O=C(CSc1nc2ccc(Cl)cc2[nH]1)N1CCO[C@@H]2CCCC[C@@H]21. The molecule has 2 aromatic rings. The molecule has 1 amide bonds. The van der Waals surface area contributed by atoms with Crippen LogP contribution in [-0.2, 0) is 9.53 Å². The summed E-state index contributed by atoms with van der Waals surface area (Å²) < 4.78 is 5.84. The third-order valence-electron chi connectivity index (χ3n) is 4.81. The minimum Gasteiger partial charge on any atom is -0.374 e. The number of rotatable bonds is 3. The van der Waals surface area contributed by atoms with E-state index >= 15 is 0 Å². The molecule has 2 heterocycles. The predicted molar refractivity (Wildman–Crippen MR) is 95.5 cm³/mol. The van der Waals surface area contributed by atoms with Gasteiger partial charge in [-0.05, 0) is 31.0 Å². The minimum absolute atomic E-state index is 0.179. The summed E-state index contributed by atoms with van der Waals surface area (Å²) in [4.78, 5) is 22.4. The van der Waals surface area contributed by atoms with Gasteiger partial charge in [-0.2, -0.15) is 0 Å². The fraction of sp³-hybridized carbons (Fsp3) is 0.529. The number of ether oxygens (including phenoxy) is 1. The van der Waals surface area contributed by atoms with Crippen LogP contribution in [0, 0.1) is 0 Å². The predicted octanol–water partition coefficient (Wildman–Crippen LogP) is 3.48. The Bertz CT molecular complexity index is 749. The van der Waals surface area contributed by atoms with Crippen molar-refractivity contribution in [2.24, 2.45) is 0 Å². The van der Waals surface area contributed by atoms with Crippen LogP contribution in [0.3, 0.4) is 0 Å². The van der Waals surface area contributed by atoms with Gasteiger partial charge in [0.05, 0.1) is 35.5 Å². The molecule has 128 valence electrons.